The summed E-state index contributed by atoms with van der Waals surface area (Å²) in [6.45, 7) is 0. The Balaban J connectivity index is 2.48. The zero-order valence-electron chi connectivity index (χ0n) is 11.4. The zero-order valence-corrected chi connectivity index (χ0v) is 13.1. The first-order valence-electron chi connectivity index (χ1n) is 5.92. The van der Waals surface area contributed by atoms with Crippen LogP contribution in [0.2, 0.25) is 0 Å². The molecule has 0 saturated carbocycles. The lowest BCUT2D eigenvalue weighted by molar-refractivity contribution is 0.0600. The van der Waals surface area contributed by atoms with Gasteiger partial charge in [0.1, 0.15) is 0 Å². The van der Waals surface area contributed by atoms with E-state index in [2.05, 4.69) is 9.72 Å². The van der Waals surface area contributed by atoms with Gasteiger partial charge in [0.05, 0.1) is 17.6 Å². The summed E-state index contributed by atoms with van der Waals surface area (Å²) in [5.41, 5.74) is 0.206. The monoisotopic (exact) mass is 323 g/mol. The third kappa shape index (κ3) is 3.83. The summed E-state index contributed by atoms with van der Waals surface area (Å²) in [5, 5.41) is 0. The molecule has 110 valence electrons. The third-order valence-electron chi connectivity index (χ3n) is 2.64. The normalized spacial score (nSPS) is 11.1. The van der Waals surface area contributed by atoms with Crippen molar-refractivity contribution in [3.8, 4) is 0 Å². The molecular formula is C14H13NO4S2. The van der Waals surface area contributed by atoms with Crippen LogP contribution in [-0.2, 0) is 14.6 Å². The summed E-state index contributed by atoms with van der Waals surface area (Å²) < 4.78 is 28.5. The van der Waals surface area contributed by atoms with Crippen LogP contribution in [-0.4, -0.2) is 32.7 Å². The molecule has 0 radical (unpaired) electrons. The van der Waals surface area contributed by atoms with Gasteiger partial charge in [-0.1, -0.05) is 11.8 Å². The molecule has 1 aromatic heterocycles. The summed E-state index contributed by atoms with van der Waals surface area (Å²) >= 11 is 1.30. The lowest BCUT2D eigenvalue weighted by atomic mass is 10.2. The minimum atomic E-state index is -3.46. The zero-order chi connectivity index (χ0) is 15.5. The molecule has 0 fully saturated rings. The second-order valence-electron chi connectivity index (χ2n) is 4.21. The highest BCUT2D eigenvalue weighted by molar-refractivity contribution is 8.00. The van der Waals surface area contributed by atoms with Crippen molar-refractivity contribution in [2.75, 3.05) is 13.4 Å². The third-order valence-corrected chi connectivity index (χ3v) is 4.99. The van der Waals surface area contributed by atoms with Crippen molar-refractivity contribution >= 4 is 27.6 Å². The van der Waals surface area contributed by atoms with Crippen molar-refractivity contribution in [1.82, 2.24) is 4.98 Å². The maximum absolute atomic E-state index is 11.9. The van der Waals surface area contributed by atoms with Gasteiger partial charge in [0.15, 0.2) is 9.84 Å². The number of methoxy groups -OCH3 is 1. The average Bonchev–Trinajstić information content (AvgIpc) is 2.47. The maximum Gasteiger partial charge on any atom is 0.337 e. The van der Waals surface area contributed by atoms with E-state index in [4.69, 9.17) is 0 Å². The van der Waals surface area contributed by atoms with Crippen LogP contribution in [0.5, 0.6) is 0 Å². The Morgan fingerprint density at radius 1 is 1.19 bits per heavy atom. The van der Waals surface area contributed by atoms with Gasteiger partial charge in [-0.2, -0.15) is 0 Å². The van der Waals surface area contributed by atoms with E-state index in [0.29, 0.717) is 4.90 Å². The van der Waals surface area contributed by atoms with Crippen LogP contribution in [0.1, 0.15) is 10.4 Å². The number of ether oxygens (including phenoxy) is 1. The van der Waals surface area contributed by atoms with Gasteiger partial charge in [0, 0.05) is 28.4 Å². The van der Waals surface area contributed by atoms with Crippen LogP contribution in [0, 0.1) is 0 Å². The predicted molar refractivity (Wildman–Crippen MR) is 79.3 cm³/mol. The molecule has 1 heterocycles. The molecule has 5 nitrogen and oxygen atoms in total. The largest absolute Gasteiger partial charge is 0.465 e. The van der Waals surface area contributed by atoms with Crippen molar-refractivity contribution in [3.63, 3.8) is 0 Å². The molecular weight excluding hydrogens is 310 g/mol. The fraction of sp³-hybridized carbons (Fsp3) is 0.143. The van der Waals surface area contributed by atoms with E-state index >= 15 is 0 Å². The van der Waals surface area contributed by atoms with Crippen molar-refractivity contribution in [3.05, 3.63) is 48.3 Å². The lowest BCUT2D eigenvalue weighted by Crippen LogP contribution is -2.05. The maximum atomic E-state index is 11.9. The Bertz CT molecular complexity index is 758. The molecule has 0 amide bonds. The predicted octanol–water partition coefficient (Wildman–Crippen LogP) is 2.42. The number of sulfone groups is 1. The van der Waals surface area contributed by atoms with Crippen molar-refractivity contribution in [2.24, 2.45) is 0 Å². The van der Waals surface area contributed by atoms with Crippen molar-refractivity contribution < 1.29 is 17.9 Å². The molecule has 0 bridgehead atoms. The Labute approximate surface area is 127 Å². The molecule has 0 spiro atoms. The molecule has 0 unspecified atom stereocenters. The van der Waals surface area contributed by atoms with E-state index in [-0.39, 0.29) is 10.5 Å². The molecule has 7 heteroatoms. The second kappa shape index (κ2) is 6.28. The number of aromatic nitrogens is 1. The smallest absolute Gasteiger partial charge is 0.337 e. The van der Waals surface area contributed by atoms with E-state index in [1.165, 1.54) is 24.9 Å². The van der Waals surface area contributed by atoms with Gasteiger partial charge in [0.25, 0.3) is 0 Å². The van der Waals surface area contributed by atoms with Crippen LogP contribution >= 0.6 is 11.8 Å². The van der Waals surface area contributed by atoms with Crippen LogP contribution in [0.3, 0.4) is 0 Å². The molecule has 0 aliphatic heterocycles. The summed E-state index contributed by atoms with van der Waals surface area (Å²) in [6, 6.07) is 8.05. The number of hydrogen-bond donors (Lipinski definition) is 0. The Morgan fingerprint density at radius 2 is 1.86 bits per heavy atom. The minimum absolute atomic E-state index is 0.104. The fourth-order valence-electron chi connectivity index (χ4n) is 1.66. The number of pyridine rings is 1. The van der Waals surface area contributed by atoms with Gasteiger partial charge in [-0.3, -0.25) is 4.98 Å². The summed E-state index contributed by atoms with van der Waals surface area (Å²) in [7, 11) is -2.21. The van der Waals surface area contributed by atoms with Crippen LogP contribution in [0.4, 0.5) is 0 Å². The number of carbonyl (C=O) groups excluding carboxylic acids is 1. The topological polar surface area (TPSA) is 73.3 Å². The highest BCUT2D eigenvalue weighted by Gasteiger charge is 2.17. The van der Waals surface area contributed by atoms with Gasteiger partial charge in [-0.15, -0.1) is 0 Å². The average molecular weight is 323 g/mol. The van der Waals surface area contributed by atoms with Gasteiger partial charge in [-0.25, -0.2) is 13.2 Å². The van der Waals surface area contributed by atoms with Crippen molar-refractivity contribution in [2.45, 2.75) is 14.7 Å². The van der Waals surface area contributed by atoms with Gasteiger partial charge >= 0.3 is 5.97 Å². The molecule has 0 N–H and O–H groups in total. The molecule has 0 atom stereocenters. The Kier molecular flexibility index (Phi) is 4.64. The van der Waals surface area contributed by atoms with Gasteiger partial charge in [0.2, 0.25) is 0 Å². The van der Waals surface area contributed by atoms with E-state index in [0.717, 1.165) is 11.2 Å². The molecule has 2 rings (SSSR count). The molecule has 0 aliphatic rings. The first-order chi connectivity index (χ1) is 9.91. The highest BCUT2D eigenvalue weighted by Crippen LogP contribution is 2.33. The first kappa shape index (κ1) is 15.5. The minimum Gasteiger partial charge on any atom is -0.465 e. The number of nitrogens with zero attached hydrogens (tertiary/aromatic N) is 1. The van der Waals surface area contributed by atoms with E-state index < -0.39 is 15.8 Å². The summed E-state index contributed by atoms with van der Waals surface area (Å²) in [6.07, 6.45) is 4.37. The number of esters is 1. The van der Waals surface area contributed by atoms with E-state index in [9.17, 15) is 13.2 Å². The highest BCUT2D eigenvalue weighted by atomic mass is 32.2. The van der Waals surface area contributed by atoms with Gasteiger partial charge in [-0.05, 0) is 30.3 Å². The SMILES string of the molecule is COC(=O)c1ccc(Sc2ccncc2)c(S(C)(=O)=O)c1. The fourth-order valence-corrected chi connectivity index (χ4v) is 3.82. The second-order valence-corrected chi connectivity index (χ2v) is 7.31. The molecule has 1 aromatic carbocycles. The Hall–Kier alpha value is -1.86. The molecule has 21 heavy (non-hydrogen) atoms. The standard InChI is InChI=1S/C14H13NO4S2/c1-19-14(16)10-3-4-12(13(9-10)21(2,17)18)20-11-5-7-15-8-6-11/h3-9H,1-2H3. The number of hydrogen-bond acceptors (Lipinski definition) is 6. The number of rotatable bonds is 4. The number of benzene rings is 1. The summed E-state index contributed by atoms with van der Waals surface area (Å²) in [5.74, 6) is -0.569. The van der Waals surface area contributed by atoms with Gasteiger partial charge < -0.3 is 4.74 Å². The lowest BCUT2D eigenvalue weighted by Gasteiger charge is -2.09. The first-order valence-corrected chi connectivity index (χ1v) is 8.63. The van der Waals surface area contributed by atoms with E-state index in [1.807, 2.05) is 0 Å². The van der Waals surface area contributed by atoms with Crippen LogP contribution < -0.4 is 0 Å². The Morgan fingerprint density at radius 3 is 2.43 bits per heavy atom. The van der Waals surface area contributed by atoms with Crippen molar-refractivity contribution in [1.29, 1.82) is 0 Å². The summed E-state index contributed by atoms with van der Waals surface area (Å²) in [4.78, 5) is 17.0. The molecule has 0 saturated heterocycles. The quantitative estimate of drug-likeness (QED) is 0.805. The molecule has 0 aliphatic carbocycles. The van der Waals surface area contributed by atoms with Crippen LogP contribution in [0.25, 0.3) is 0 Å². The number of carbonyl (C=O) groups is 1. The van der Waals surface area contributed by atoms with E-state index in [1.54, 1.807) is 36.7 Å². The molecule has 2 aromatic rings. The van der Waals surface area contributed by atoms with Crippen LogP contribution in [0.15, 0.2) is 57.4 Å².